The Labute approximate surface area is 178 Å². The zero-order valence-corrected chi connectivity index (χ0v) is 19.5. The molecule has 0 saturated heterocycles. The van der Waals surface area contributed by atoms with Crippen LogP contribution in [0.5, 0.6) is 0 Å². The minimum atomic E-state index is -0.0952. The number of aliphatic hydroxyl groups excluding tert-OH is 1. The third kappa shape index (κ3) is 3.48. The van der Waals surface area contributed by atoms with Gasteiger partial charge >= 0.3 is 5.97 Å². The molecule has 4 aliphatic rings. The van der Waals surface area contributed by atoms with Gasteiger partial charge in [0, 0.05) is 6.42 Å². The first kappa shape index (κ1) is 21.7. The van der Waals surface area contributed by atoms with Crippen molar-refractivity contribution in [1.29, 1.82) is 0 Å². The van der Waals surface area contributed by atoms with Crippen LogP contribution in [0.3, 0.4) is 0 Å². The van der Waals surface area contributed by atoms with E-state index in [-0.39, 0.29) is 12.1 Å². The molecule has 0 aliphatic heterocycles. The summed E-state index contributed by atoms with van der Waals surface area (Å²) in [5.41, 5.74) is 0.742. The largest absolute Gasteiger partial charge is 0.469 e. The van der Waals surface area contributed by atoms with Crippen LogP contribution in [0.25, 0.3) is 0 Å². The zero-order chi connectivity index (χ0) is 21.0. The minimum Gasteiger partial charge on any atom is -0.469 e. The Morgan fingerprint density at radius 2 is 1.72 bits per heavy atom. The van der Waals surface area contributed by atoms with Crippen molar-refractivity contribution < 1.29 is 14.6 Å². The highest BCUT2D eigenvalue weighted by Crippen LogP contribution is 2.68. The average molecular weight is 405 g/mol. The normalized spacial score (nSPS) is 50.2. The molecule has 166 valence electrons. The first-order valence-corrected chi connectivity index (χ1v) is 12.5. The van der Waals surface area contributed by atoms with Crippen LogP contribution in [0, 0.1) is 52.3 Å². The topological polar surface area (TPSA) is 46.5 Å². The third-order valence-electron chi connectivity index (χ3n) is 10.7. The van der Waals surface area contributed by atoms with Crippen LogP contribution in [0.1, 0.15) is 91.9 Å². The van der Waals surface area contributed by atoms with Gasteiger partial charge < -0.3 is 9.84 Å². The molecule has 10 atom stereocenters. The second kappa shape index (κ2) is 7.84. The molecule has 0 radical (unpaired) electrons. The highest BCUT2D eigenvalue weighted by atomic mass is 16.5. The SMILES string of the molecule is COC(=O)CC[C@@H](C)C1CCC2C3C[C@H](O)[C@@H]4CC(C)CC[C@]4(C)C3CC[C@@]21C. The summed E-state index contributed by atoms with van der Waals surface area (Å²) in [6.45, 7) is 9.85. The molecule has 1 N–H and O–H groups in total. The predicted molar refractivity (Wildman–Crippen MR) is 116 cm³/mol. The van der Waals surface area contributed by atoms with Gasteiger partial charge in [0.2, 0.25) is 0 Å². The van der Waals surface area contributed by atoms with Crippen molar-refractivity contribution in [3.05, 3.63) is 0 Å². The van der Waals surface area contributed by atoms with Crippen molar-refractivity contribution >= 4 is 5.97 Å². The molecule has 0 spiro atoms. The van der Waals surface area contributed by atoms with Gasteiger partial charge in [-0.05, 0) is 104 Å². The number of methoxy groups -OCH3 is 1. The lowest BCUT2D eigenvalue weighted by Crippen LogP contribution is -2.57. The Morgan fingerprint density at radius 3 is 2.45 bits per heavy atom. The van der Waals surface area contributed by atoms with Gasteiger partial charge in [0.25, 0.3) is 0 Å². The number of ether oxygens (including phenoxy) is 1. The van der Waals surface area contributed by atoms with Crippen molar-refractivity contribution in [2.45, 2.75) is 98.0 Å². The standard InChI is InChI=1S/C26H44O3/c1-16-10-12-26(4)21-11-13-25(3)19(17(2)6-9-24(28)29-5)7-8-20(25)18(21)15-23(27)22(26)14-16/h16-23,27H,6-15H2,1-5H3/t16?,17-,18?,19?,20?,21?,22+,23+,25-,26-/m1/s1. The van der Waals surface area contributed by atoms with Gasteiger partial charge in [-0.3, -0.25) is 4.79 Å². The number of carbonyl (C=O) groups is 1. The fourth-order valence-electron chi connectivity index (χ4n) is 9.12. The maximum absolute atomic E-state index is 11.7. The van der Waals surface area contributed by atoms with Crippen molar-refractivity contribution in [1.82, 2.24) is 0 Å². The van der Waals surface area contributed by atoms with Crippen molar-refractivity contribution in [3.63, 3.8) is 0 Å². The molecule has 5 unspecified atom stereocenters. The molecule has 4 saturated carbocycles. The van der Waals surface area contributed by atoms with Crippen LogP contribution in [0.2, 0.25) is 0 Å². The Morgan fingerprint density at radius 1 is 1.03 bits per heavy atom. The predicted octanol–water partition coefficient (Wildman–Crippen LogP) is 5.84. The summed E-state index contributed by atoms with van der Waals surface area (Å²) in [5.74, 6) is 4.80. The van der Waals surface area contributed by atoms with Crippen LogP contribution in [0.4, 0.5) is 0 Å². The van der Waals surface area contributed by atoms with Gasteiger partial charge in [-0.1, -0.05) is 34.1 Å². The molecule has 4 aliphatic carbocycles. The van der Waals surface area contributed by atoms with E-state index in [4.69, 9.17) is 4.74 Å². The molecule has 0 aromatic rings. The smallest absolute Gasteiger partial charge is 0.305 e. The number of hydrogen-bond acceptors (Lipinski definition) is 3. The molecule has 4 rings (SSSR count). The van der Waals surface area contributed by atoms with Crippen LogP contribution in [-0.2, 0) is 9.53 Å². The van der Waals surface area contributed by atoms with Crippen LogP contribution >= 0.6 is 0 Å². The molecule has 3 heteroatoms. The summed E-state index contributed by atoms with van der Waals surface area (Å²) in [6, 6.07) is 0. The number of carbonyl (C=O) groups excluding carboxylic acids is 1. The van der Waals surface area contributed by atoms with Gasteiger partial charge in [-0.25, -0.2) is 0 Å². The van der Waals surface area contributed by atoms with Gasteiger partial charge in [-0.15, -0.1) is 0 Å². The number of hydrogen-bond donors (Lipinski definition) is 1. The second-order valence-corrected chi connectivity index (χ2v) is 12.0. The zero-order valence-electron chi connectivity index (χ0n) is 19.5. The Bertz CT molecular complexity index is 617. The first-order chi connectivity index (χ1) is 13.7. The third-order valence-corrected chi connectivity index (χ3v) is 10.7. The number of aliphatic hydroxyl groups is 1. The van der Waals surface area contributed by atoms with Crippen LogP contribution < -0.4 is 0 Å². The van der Waals surface area contributed by atoms with E-state index in [2.05, 4.69) is 27.7 Å². The fraction of sp³-hybridized carbons (Fsp3) is 0.962. The lowest BCUT2D eigenvalue weighted by atomic mass is 9.43. The summed E-state index contributed by atoms with van der Waals surface area (Å²) in [6.07, 6.45) is 11.7. The fourth-order valence-corrected chi connectivity index (χ4v) is 9.12. The van der Waals surface area contributed by atoms with Gasteiger partial charge in [0.15, 0.2) is 0 Å². The molecule has 0 bridgehead atoms. The van der Waals surface area contributed by atoms with Crippen LogP contribution in [-0.4, -0.2) is 24.3 Å². The lowest BCUT2D eigenvalue weighted by molar-refractivity contribution is -0.165. The van der Waals surface area contributed by atoms with Crippen molar-refractivity contribution in [2.75, 3.05) is 7.11 Å². The lowest BCUT2D eigenvalue weighted by Gasteiger charge is -2.62. The molecular weight excluding hydrogens is 360 g/mol. The number of rotatable bonds is 4. The van der Waals surface area contributed by atoms with E-state index in [0.29, 0.717) is 40.9 Å². The maximum Gasteiger partial charge on any atom is 0.305 e. The van der Waals surface area contributed by atoms with Gasteiger partial charge in [0.05, 0.1) is 13.2 Å². The molecular formula is C26H44O3. The Kier molecular flexibility index (Phi) is 5.86. The molecule has 3 nitrogen and oxygen atoms in total. The summed E-state index contributed by atoms with van der Waals surface area (Å²) >= 11 is 0. The van der Waals surface area contributed by atoms with E-state index < -0.39 is 0 Å². The van der Waals surface area contributed by atoms with Gasteiger partial charge in [0.1, 0.15) is 0 Å². The summed E-state index contributed by atoms with van der Waals surface area (Å²) in [7, 11) is 1.50. The summed E-state index contributed by atoms with van der Waals surface area (Å²) in [5, 5.41) is 11.2. The average Bonchev–Trinajstić information content (AvgIpc) is 3.05. The summed E-state index contributed by atoms with van der Waals surface area (Å²) in [4.78, 5) is 11.7. The molecule has 0 aromatic heterocycles. The van der Waals surface area contributed by atoms with E-state index in [0.717, 1.165) is 30.6 Å². The Balaban J connectivity index is 1.52. The first-order valence-electron chi connectivity index (χ1n) is 12.5. The highest BCUT2D eigenvalue weighted by molar-refractivity contribution is 5.69. The van der Waals surface area contributed by atoms with Crippen LogP contribution in [0.15, 0.2) is 0 Å². The quantitative estimate of drug-likeness (QED) is 0.599. The van der Waals surface area contributed by atoms with E-state index >= 15 is 0 Å². The van der Waals surface area contributed by atoms with E-state index in [9.17, 15) is 9.90 Å². The highest BCUT2D eigenvalue weighted by Gasteiger charge is 2.62. The van der Waals surface area contributed by atoms with Crippen molar-refractivity contribution in [2.24, 2.45) is 52.3 Å². The van der Waals surface area contributed by atoms with Crippen molar-refractivity contribution in [3.8, 4) is 0 Å². The number of esters is 1. The monoisotopic (exact) mass is 404 g/mol. The molecule has 0 aromatic carbocycles. The molecule has 0 heterocycles. The van der Waals surface area contributed by atoms with Gasteiger partial charge in [-0.2, -0.15) is 0 Å². The maximum atomic E-state index is 11.7. The van der Waals surface area contributed by atoms with E-state index in [1.807, 2.05) is 0 Å². The molecule has 0 amide bonds. The summed E-state index contributed by atoms with van der Waals surface area (Å²) < 4.78 is 4.88. The second-order valence-electron chi connectivity index (χ2n) is 12.0. The minimum absolute atomic E-state index is 0.0684. The van der Waals surface area contributed by atoms with E-state index in [1.54, 1.807) is 0 Å². The molecule has 4 fully saturated rings. The molecule has 29 heavy (non-hydrogen) atoms. The Hall–Kier alpha value is -0.570. The number of fused-ring (bicyclic) bond motifs is 5. The van der Waals surface area contributed by atoms with E-state index in [1.165, 1.54) is 52.1 Å².